The van der Waals surface area contributed by atoms with Gasteiger partial charge in [-0.25, -0.2) is 0 Å². The lowest BCUT2D eigenvalue weighted by Crippen LogP contribution is -2.53. The van der Waals surface area contributed by atoms with Crippen LogP contribution in [0.3, 0.4) is 0 Å². The maximum atomic E-state index is 12.2. The molecule has 184 valence electrons. The van der Waals surface area contributed by atoms with E-state index in [1.807, 2.05) is 32.0 Å². The molecule has 1 saturated heterocycles. The number of carboxylic acid groups (broad SMARTS) is 1. The number of hydrogen-bond donors (Lipinski definition) is 1. The van der Waals surface area contributed by atoms with Crippen LogP contribution in [0.1, 0.15) is 51.7 Å². The van der Waals surface area contributed by atoms with Gasteiger partial charge >= 0.3 is 5.97 Å². The largest absolute Gasteiger partial charge is 0.497 e. The highest BCUT2D eigenvalue weighted by Crippen LogP contribution is 2.52. The number of carbonyl (C=O) groups is 1. The highest BCUT2D eigenvalue weighted by molar-refractivity contribution is 5.71. The van der Waals surface area contributed by atoms with Crippen LogP contribution in [0.25, 0.3) is 0 Å². The van der Waals surface area contributed by atoms with Crippen molar-refractivity contribution >= 4 is 5.97 Å². The van der Waals surface area contributed by atoms with Gasteiger partial charge in [0.25, 0.3) is 0 Å². The number of unbranched alkanes of at least 4 members (excludes halogenated alkanes) is 1. The molecule has 4 rings (SSSR count). The van der Waals surface area contributed by atoms with E-state index in [-0.39, 0.29) is 18.6 Å². The van der Waals surface area contributed by atoms with Gasteiger partial charge in [0.05, 0.1) is 25.7 Å². The predicted octanol–water partition coefficient (Wildman–Crippen LogP) is 5.27. The van der Waals surface area contributed by atoms with Gasteiger partial charge in [-0.1, -0.05) is 13.3 Å². The summed E-state index contributed by atoms with van der Waals surface area (Å²) in [5, 5.41) is 9.98. The summed E-state index contributed by atoms with van der Waals surface area (Å²) in [6, 6.07) is 13.0. The zero-order valence-corrected chi connectivity index (χ0v) is 20.3. The Bertz CT molecular complexity index is 985. The van der Waals surface area contributed by atoms with Crippen LogP contribution < -0.4 is 18.9 Å². The Kier molecular flexibility index (Phi) is 7.22. The van der Waals surface area contributed by atoms with Gasteiger partial charge in [-0.05, 0) is 69.2 Å². The van der Waals surface area contributed by atoms with Gasteiger partial charge in [0.15, 0.2) is 0 Å². The highest BCUT2D eigenvalue weighted by atomic mass is 16.6. The van der Waals surface area contributed by atoms with E-state index in [4.69, 9.17) is 23.7 Å². The Labute approximate surface area is 200 Å². The molecule has 0 aliphatic carbocycles. The zero-order chi connectivity index (χ0) is 24.3. The number of rotatable bonds is 9. The van der Waals surface area contributed by atoms with Crippen molar-refractivity contribution in [1.29, 1.82) is 0 Å². The lowest BCUT2D eigenvalue weighted by Gasteiger charge is -2.50. The van der Waals surface area contributed by atoms with Gasteiger partial charge in [0.2, 0.25) is 0 Å². The van der Waals surface area contributed by atoms with Gasteiger partial charge < -0.3 is 28.8 Å². The van der Waals surface area contributed by atoms with Gasteiger partial charge in [-0.3, -0.25) is 4.79 Å². The number of ether oxygens (including phenoxy) is 5. The predicted molar refractivity (Wildman–Crippen MR) is 127 cm³/mol. The third-order valence-corrected chi connectivity index (χ3v) is 6.75. The molecule has 7 nitrogen and oxygen atoms in total. The van der Waals surface area contributed by atoms with Crippen LogP contribution in [-0.2, 0) is 9.53 Å². The number of methoxy groups -OCH3 is 1. The molecular formula is C27H34O7. The fraction of sp³-hybridized carbons (Fsp3) is 0.519. The first-order chi connectivity index (χ1) is 16.3. The second-order valence-electron chi connectivity index (χ2n) is 9.48. The molecule has 0 spiro atoms. The van der Waals surface area contributed by atoms with E-state index in [0.717, 1.165) is 35.7 Å². The Morgan fingerprint density at radius 3 is 2.47 bits per heavy atom. The average Bonchev–Trinajstić information content (AvgIpc) is 2.82. The molecule has 4 atom stereocenters. The molecule has 2 aromatic rings. The fourth-order valence-electron chi connectivity index (χ4n) is 4.76. The van der Waals surface area contributed by atoms with Crippen molar-refractivity contribution in [2.45, 2.75) is 57.8 Å². The fourth-order valence-corrected chi connectivity index (χ4v) is 4.76. The van der Waals surface area contributed by atoms with Crippen LogP contribution in [0.15, 0.2) is 42.5 Å². The first-order valence-electron chi connectivity index (χ1n) is 11.9. The second kappa shape index (κ2) is 10.1. The summed E-state index contributed by atoms with van der Waals surface area (Å²) in [4.78, 5) is 12.2. The van der Waals surface area contributed by atoms with Crippen LogP contribution in [0.4, 0.5) is 0 Å². The first kappa shape index (κ1) is 24.2. The normalized spacial score (nSPS) is 24.8. The Hall–Kier alpha value is -2.93. The van der Waals surface area contributed by atoms with E-state index >= 15 is 0 Å². The third-order valence-electron chi connectivity index (χ3n) is 6.75. The van der Waals surface area contributed by atoms with Gasteiger partial charge in [-0.15, -0.1) is 0 Å². The lowest BCUT2D eigenvalue weighted by molar-refractivity contribution is -0.192. The van der Waals surface area contributed by atoms with Crippen molar-refractivity contribution in [3.8, 4) is 23.0 Å². The molecule has 2 aromatic carbocycles. The SMILES string of the molecule is CCCCOc1ccc2c(c1)[C@H]1O[C@@H](COc3ccc(OC)cc3)[C@H](C(=O)O)C[C@@H]1C(C)(C)O2. The molecule has 1 N–H and O–H groups in total. The summed E-state index contributed by atoms with van der Waals surface area (Å²) in [6.07, 6.45) is 1.56. The first-order valence-corrected chi connectivity index (χ1v) is 11.9. The summed E-state index contributed by atoms with van der Waals surface area (Å²) in [7, 11) is 1.60. The molecule has 1 fully saturated rings. The number of carboxylic acids is 1. The minimum absolute atomic E-state index is 0.121. The second-order valence-corrected chi connectivity index (χ2v) is 9.48. The molecule has 0 amide bonds. The summed E-state index contributed by atoms with van der Waals surface area (Å²) in [5.41, 5.74) is 0.328. The summed E-state index contributed by atoms with van der Waals surface area (Å²) in [5.74, 6) is 1.17. The van der Waals surface area contributed by atoms with Crippen LogP contribution in [0.5, 0.6) is 23.0 Å². The number of hydrogen-bond acceptors (Lipinski definition) is 6. The van der Waals surface area contributed by atoms with Gasteiger partial charge in [-0.2, -0.15) is 0 Å². The smallest absolute Gasteiger partial charge is 0.309 e. The van der Waals surface area contributed by atoms with E-state index in [0.29, 0.717) is 18.8 Å². The maximum Gasteiger partial charge on any atom is 0.309 e. The van der Waals surface area contributed by atoms with Crippen molar-refractivity contribution in [1.82, 2.24) is 0 Å². The maximum absolute atomic E-state index is 12.2. The molecule has 0 unspecified atom stereocenters. The molecular weight excluding hydrogens is 436 g/mol. The Balaban J connectivity index is 1.57. The quantitative estimate of drug-likeness (QED) is 0.500. The monoisotopic (exact) mass is 470 g/mol. The van der Waals surface area contributed by atoms with Gasteiger partial charge in [0, 0.05) is 11.5 Å². The van der Waals surface area contributed by atoms with E-state index in [1.54, 1.807) is 31.4 Å². The zero-order valence-electron chi connectivity index (χ0n) is 20.3. The molecule has 2 heterocycles. The molecule has 0 saturated carbocycles. The standard InChI is InChI=1S/C27H34O7/c1-5-6-13-31-19-11-12-23-20(14-19)25-22(27(2,3)34-23)15-21(26(28)29)24(33-25)16-32-18-9-7-17(30-4)8-10-18/h7-12,14,21-22,24-25H,5-6,13,15-16H2,1-4H3,(H,28,29)/t21-,22+,24+,25-/m1/s1. The van der Waals surface area contributed by atoms with Crippen molar-refractivity contribution < 1.29 is 33.6 Å². The Morgan fingerprint density at radius 2 is 1.79 bits per heavy atom. The van der Waals surface area contributed by atoms with Gasteiger partial charge in [0.1, 0.15) is 41.3 Å². The molecule has 2 aliphatic heterocycles. The average molecular weight is 471 g/mol. The van der Waals surface area contributed by atoms with Crippen LogP contribution in [0.2, 0.25) is 0 Å². The van der Waals surface area contributed by atoms with Crippen molar-refractivity contribution in [2.75, 3.05) is 20.3 Å². The van der Waals surface area contributed by atoms with Crippen LogP contribution >= 0.6 is 0 Å². The van der Waals surface area contributed by atoms with Crippen LogP contribution in [-0.4, -0.2) is 43.1 Å². The summed E-state index contributed by atoms with van der Waals surface area (Å²) in [6.45, 7) is 6.90. The van der Waals surface area contributed by atoms with Crippen molar-refractivity contribution in [3.63, 3.8) is 0 Å². The molecule has 0 radical (unpaired) electrons. The summed E-state index contributed by atoms with van der Waals surface area (Å²) >= 11 is 0. The van der Waals surface area contributed by atoms with E-state index in [1.165, 1.54) is 0 Å². The van der Waals surface area contributed by atoms with Crippen LogP contribution in [0, 0.1) is 11.8 Å². The minimum Gasteiger partial charge on any atom is -0.497 e. The highest BCUT2D eigenvalue weighted by Gasteiger charge is 2.52. The summed E-state index contributed by atoms with van der Waals surface area (Å²) < 4.78 is 29.9. The molecule has 0 aromatic heterocycles. The van der Waals surface area contributed by atoms with Crippen molar-refractivity contribution in [3.05, 3.63) is 48.0 Å². The van der Waals surface area contributed by atoms with E-state index < -0.39 is 23.6 Å². The lowest BCUT2D eigenvalue weighted by atomic mass is 9.72. The Morgan fingerprint density at radius 1 is 1.09 bits per heavy atom. The molecule has 2 aliphatic rings. The minimum atomic E-state index is -0.889. The van der Waals surface area contributed by atoms with E-state index in [2.05, 4.69) is 6.92 Å². The number of benzene rings is 2. The molecule has 0 bridgehead atoms. The van der Waals surface area contributed by atoms with E-state index in [9.17, 15) is 9.90 Å². The van der Waals surface area contributed by atoms with Crippen molar-refractivity contribution in [2.24, 2.45) is 11.8 Å². The molecule has 34 heavy (non-hydrogen) atoms. The number of fused-ring (bicyclic) bond motifs is 3. The molecule has 7 heteroatoms. The topological polar surface area (TPSA) is 83.5 Å². The third kappa shape index (κ3) is 5.09. The number of aliphatic carboxylic acids is 1.